The minimum Gasteiger partial charge on any atom is -0.393 e. The predicted octanol–water partition coefficient (Wildman–Crippen LogP) is 2.51. The van der Waals surface area contributed by atoms with Crippen LogP contribution in [0.25, 0.3) is 0 Å². The quantitative estimate of drug-likeness (QED) is 0.901. The van der Waals surface area contributed by atoms with Gasteiger partial charge in [0.2, 0.25) is 0 Å². The van der Waals surface area contributed by atoms with Crippen molar-refractivity contribution in [3.8, 4) is 0 Å². The third-order valence-corrected chi connectivity index (χ3v) is 4.45. The highest BCUT2D eigenvalue weighted by Gasteiger charge is 2.23. The first kappa shape index (κ1) is 13.8. The van der Waals surface area contributed by atoms with E-state index in [1.165, 1.54) is 5.69 Å². The fourth-order valence-electron chi connectivity index (χ4n) is 2.56. The number of hydrogen-bond donors (Lipinski definition) is 2. The summed E-state index contributed by atoms with van der Waals surface area (Å²) in [5, 5.41) is 9.62. The number of benzene rings is 1. The van der Waals surface area contributed by atoms with Gasteiger partial charge in [-0.3, -0.25) is 0 Å². The first-order chi connectivity index (χ1) is 8.61. The maximum Gasteiger partial charge on any atom is 0.0541 e. The van der Waals surface area contributed by atoms with Crippen LogP contribution in [-0.4, -0.2) is 24.3 Å². The molecule has 2 rings (SSSR count). The maximum atomic E-state index is 9.62. The van der Waals surface area contributed by atoms with Crippen LogP contribution in [0.5, 0.6) is 0 Å². The van der Waals surface area contributed by atoms with E-state index < -0.39 is 0 Å². The third-order valence-electron chi connectivity index (χ3n) is 3.81. The van der Waals surface area contributed by atoms with Crippen molar-refractivity contribution in [3.05, 3.63) is 28.2 Å². The number of anilines is 1. The molecule has 1 aromatic carbocycles. The van der Waals surface area contributed by atoms with Crippen molar-refractivity contribution >= 4 is 21.6 Å². The molecule has 1 aliphatic rings. The van der Waals surface area contributed by atoms with Crippen LogP contribution >= 0.6 is 15.9 Å². The highest BCUT2D eigenvalue weighted by atomic mass is 79.9. The number of hydrogen-bond acceptors (Lipinski definition) is 3. The molecule has 3 N–H and O–H groups in total. The second kappa shape index (κ2) is 6.04. The molecular formula is C14H21BrN2O. The van der Waals surface area contributed by atoms with E-state index in [1.807, 2.05) is 6.92 Å². The molecule has 0 aliphatic carbocycles. The van der Waals surface area contributed by atoms with Crippen LogP contribution in [0.1, 0.15) is 25.3 Å². The molecule has 1 atom stereocenters. The van der Waals surface area contributed by atoms with Crippen LogP contribution in [0, 0.1) is 5.92 Å². The average Bonchev–Trinajstić information content (AvgIpc) is 2.38. The van der Waals surface area contributed by atoms with Gasteiger partial charge in [0, 0.05) is 24.1 Å². The molecule has 0 radical (unpaired) electrons. The zero-order valence-corrected chi connectivity index (χ0v) is 12.4. The minimum atomic E-state index is -0.185. The summed E-state index contributed by atoms with van der Waals surface area (Å²) in [7, 11) is 0. The zero-order chi connectivity index (χ0) is 13.1. The maximum absolute atomic E-state index is 9.62. The molecule has 0 spiro atoms. The van der Waals surface area contributed by atoms with Crippen molar-refractivity contribution in [2.24, 2.45) is 11.7 Å². The molecule has 1 saturated heterocycles. The van der Waals surface area contributed by atoms with Crippen LogP contribution in [0.3, 0.4) is 0 Å². The lowest BCUT2D eigenvalue weighted by Crippen LogP contribution is -2.37. The topological polar surface area (TPSA) is 49.5 Å². The van der Waals surface area contributed by atoms with Gasteiger partial charge in [-0.25, -0.2) is 0 Å². The van der Waals surface area contributed by atoms with Gasteiger partial charge in [0.25, 0.3) is 0 Å². The largest absolute Gasteiger partial charge is 0.393 e. The van der Waals surface area contributed by atoms with Crippen LogP contribution < -0.4 is 10.6 Å². The summed E-state index contributed by atoms with van der Waals surface area (Å²) in [6, 6.07) is 6.31. The molecule has 1 fully saturated rings. The van der Waals surface area contributed by atoms with E-state index in [0.29, 0.717) is 12.5 Å². The smallest absolute Gasteiger partial charge is 0.0541 e. The van der Waals surface area contributed by atoms with E-state index in [-0.39, 0.29) is 6.10 Å². The SMILES string of the molecule is CC(O)C1CCN(c2ccc(CN)cc2Br)CC1. The lowest BCUT2D eigenvalue weighted by molar-refractivity contribution is 0.110. The normalized spacial score (nSPS) is 19.0. The van der Waals surface area contributed by atoms with Crippen molar-refractivity contribution in [1.82, 2.24) is 0 Å². The van der Waals surface area contributed by atoms with Gasteiger partial charge in [-0.15, -0.1) is 0 Å². The van der Waals surface area contributed by atoms with Crippen molar-refractivity contribution in [1.29, 1.82) is 0 Å². The molecule has 4 heteroatoms. The number of aliphatic hydroxyl groups is 1. The Labute approximate surface area is 117 Å². The molecule has 0 bridgehead atoms. The van der Waals surface area contributed by atoms with E-state index in [1.54, 1.807) is 0 Å². The Balaban J connectivity index is 2.05. The lowest BCUT2D eigenvalue weighted by atomic mass is 9.92. The molecule has 18 heavy (non-hydrogen) atoms. The Bertz CT molecular complexity index is 401. The van der Waals surface area contributed by atoms with Crippen LogP contribution in [0.15, 0.2) is 22.7 Å². The molecule has 0 amide bonds. The third kappa shape index (κ3) is 3.05. The molecule has 1 unspecified atom stereocenters. The van der Waals surface area contributed by atoms with Crippen molar-refractivity contribution in [3.63, 3.8) is 0 Å². The van der Waals surface area contributed by atoms with Gasteiger partial charge in [-0.2, -0.15) is 0 Å². The van der Waals surface area contributed by atoms with Crippen LogP contribution in [0.4, 0.5) is 5.69 Å². The van der Waals surface area contributed by atoms with E-state index >= 15 is 0 Å². The average molecular weight is 313 g/mol. The van der Waals surface area contributed by atoms with E-state index in [4.69, 9.17) is 5.73 Å². The van der Waals surface area contributed by atoms with Crippen molar-refractivity contribution in [2.75, 3.05) is 18.0 Å². The Hall–Kier alpha value is -0.580. The zero-order valence-electron chi connectivity index (χ0n) is 10.8. The molecule has 1 aromatic rings. The molecule has 0 aromatic heterocycles. The van der Waals surface area contributed by atoms with Gasteiger partial charge in [0.15, 0.2) is 0 Å². The summed E-state index contributed by atoms with van der Waals surface area (Å²) in [5.41, 5.74) is 8.01. The molecule has 1 heterocycles. The summed E-state index contributed by atoms with van der Waals surface area (Å²) in [4.78, 5) is 2.38. The molecular weight excluding hydrogens is 292 g/mol. The number of nitrogens with two attached hydrogens (primary N) is 1. The van der Waals surface area contributed by atoms with Gasteiger partial charge >= 0.3 is 0 Å². The summed E-state index contributed by atoms with van der Waals surface area (Å²) in [6.45, 7) is 4.49. The Morgan fingerprint density at radius 1 is 1.44 bits per heavy atom. The number of halogens is 1. The Kier molecular flexibility index (Phi) is 4.65. The van der Waals surface area contributed by atoms with Crippen molar-refractivity contribution in [2.45, 2.75) is 32.4 Å². The molecule has 0 saturated carbocycles. The summed E-state index contributed by atoms with van der Waals surface area (Å²) < 4.78 is 1.11. The lowest BCUT2D eigenvalue weighted by Gasteiger charge is -2.35. The van der Waals surface area contributed by atoms with Gasteiger partial charge in [-0.05, 0) is 59.3 Å². The number of nitrogens with zero attached hydrogens (tertiary/aromatic N) is 1. The monoisotopic (exact) mass is 312 g/mol. The summed E-state index contributed by atoms with van der Waals surface area (Å²) >= 11 is 3.62. The molecule has 3 nitrogen and oxygen atoms in total. The second-order valence-corrected chi connectivity index (χ2v) is 5.91. The summed E-state index contributed by atoms with van der Waals surface area (Å²) in [6.07, 6.45) is 1.93. The highest BCUT2D eigenvalue weighted by Crippen LogP contribution is 2.31. The Morgan fingerprint density at radius 2 is 2.11 bits per heavy atom. The van der Waals surface area contributed by atoms with E-state index in [9.17, 15) is 5.11 Å². The van der Waals surface area contributed by atoms with Gasteiger partial charge in [-0.1, -0.05) is 6.07 Å². The Morgan fingerprint density at radius 3 is 2.61 bits per heavy atom. The minimum absolute atomic E-state index is 0.185. The number of aliphatic hydroxyl groups excluding tert-OH is 1. The molecule has 100 valence electrons. The standard InChI is InChI=1S/C14H21BrN2O/c1-10(18)12-4-6-17(7-5-12)14-3-2-11(9-16)8-13(14)15/h2-3,8,10,12,18H,4-7,9,16H2,1H3. The van der Waals surface area contributed by atoms with Gasteiger partial charge in [0.1, 0.15) is 0 Å². The first-order valence-corrected chi connectivity index (χ1v) is 7.32. The van der Waals surface area contributed by atoms with E-state index in [0.717, 1.165) is 36.0 Å². The number of piperidine rings is 1. The fraction of sp³-hybridized carbons (Fsp3) is 0.571. The fourth-order valence-corrected chi connectivity index (χ4v) is 3.23. The van der Waals surface area contributed by atoms with Gasteiger partial charge in [0.05, 0.1) is 11.8 Å². The first-order valence-electron chi connectivity index (χ1n) is 6.53. The predicted molar refractivity (Wildman–Crippen MR) is 78.7 cm³/mol. The van der Waals surface area contributed by atoms with E-state index in [2.05, 4.69) is 39.0 Å². The van der Waals surface area contributed by atoms with Gasteiger partial charge < -0.3 is 15.7 Å². The number of rotatable bonds is 3. The van der Waals surface area contributed by atoms with Crippen LogP contribution in [0.2, 0.25) is 0 Å². The van der Waals surface area contributed by atoms with Crippen LogP contribution in [-0.2, 0) is 6.54 Å². The van der Waals surface area contributed by atoms with Crippen molar-refractivity contribution < 1.29 is 5.11 Å². The summed E-state index contributed by atoms with van der Waals surface area (Å²) in [5.74, 6) is 0.448. The highest BCUT2D eigenvalue weighted by molar-refractivity contribution is 9.10. The second-order valence-electron chi connectivity index (χ2n) is 5.05. The molecule has 1 aliphatic heterocycles.